The topological polar surface area (TPSA) is 103 Å². The molecule has 0 saturated carbocycles. The molecule has 0 aromatic heterocycles. The minimum atomic E-state index is -0.404. The van der Waals surface area contributed by atoms with Crippen LogP contribution in [0.4, 0.5) is 0 Å². The minimum Gasteiger partial charge on any atom is -0.507 e. The van der Waals surface area contributed by atoms with E-state index in [1.165, 1.54) is 16.7 Å². The van der Waals surface area contributed by atoms with Gasteiger partial charge in [-0.15, -0.1) is 0 Å². The molecule has 390 valence electrons. The van der Waals surface area contributed by atoms with Crippen LogP contribution in [-0.2, 0) is 75.8 Å². The van der Waals surface area contributed by atoms with E-state index in [1.807, 2.05) is 0 Å². The fourth-order valence-corrected chi connectivity index (χ4v) is 9.54. The molecule has 0 amide bonds. The van der Waals surface area contributed by atoms with Gasteiger partial charge in [-0.1, -0.05) is 139 Å². The summed E-state index contributed by atoms with van der Waals surface area (Å²) in [7, 11) is 0. The normalized spacial score (nSPS) is 18.7. The third-order valence-corrected chi connectivity index (χ3v) is 13.9. The van der Waals surface area contributed by atoms with Crippen molar-refractivity contribution < 1.29 is 47.7 Å². The van der Waals surface area contributed by atoms with Crippen molar-refractivity contribution in [2.45, 2.75) is 137 Å². The molecule has 71 heavy (non-hydrogen) atoms. The Morgan fingerprint density at radius 1 is 0.324 bits per heavy atom. The summed E-state index contributed by atoms with van der Waals surface area (Å²) in [6.45, 7) is 35.2. The zero-order valence-electron chi connectivity index (χ0n) is 45.7. The Labute approximate surface area is 426 Å². The number of benzene rings is 4. The first-order valence-electron chi connectivity index (χ1n) is 26.2. The van der Waals surface area contributed by atoms with Crippen LogP contribution in [0.2, 0.25) is 0 Å². The molecule has 3 aliphatic rings. The van der Waals surface area contributed by atoms with Gasteiger partial charge in [0, 0.05) is 31.1 Å². The summed E-state index contributed by atoms with van der Waals surface area (Å²) in [6, 6.07) is 18.3. The highest BCUT2D eigenvalue weighted by molar-refractivity contribution is 5.59. The molecule has 0 atom stereocenters. The molecule has 12 bridgehead atoms. The first kappa shape index (κ1) is 54.6. The maximum absolute atomic E-state index is 12.7. The van der Waals surface area contributed by atoms with Crippen LogP contribution < -0.4 is 14.2 Å². The molecule has 0 spiro atoms. The Kier molecular flexibility index (Phi) is 17.6. The van der Waals surface area contributed by atoms with Crippen LogP contribution in [0.15, 0.2) is 48.5 Å². The Balaban J connectivity index is 1.54. The quantitative estimate of drug-likeness (QED) is 0.151. The zero-order chi connectivity index (χ0) is 51.2. The molecule has 2 heterocycles. The van der Waals surface area contributed by atoms with E-state index in [2.05, 4.69) is 139 Å². The Morgan fingerprint density at radius 2 is 0.535 bits per heavy atom. The van der Waals surface area contributed by atoms with Gasteiger partial charge < -0.3 is 47.7 Å². The lowest BCUT2D eigenvalue weighted by Gasteiger charge is -2.29. The fourth-order valence-electron chi connectivity index (χ4n) is 9.54. The predicted octanol–water partition coefficient (Wildman–Crippen LogP) is 11.5. The zero-order valence-corrected chi connectivity index (χ0v) is 45.7. The van der Waals surface area contributed by atoms with Crippen molar-refractivity contribution in [2.75, 3.05) is 99.1 Å². The van der Waals surface area contributed by atoms with Crippen molar-refractivity contribution in [3.63, 3.8) is 0 Å². The van der Waals surface area contributed by atoms with Gasteiger partial charge in [-0.05, 0) is 88.4 Å². The number of fused-ring (bicyclic) bond motifs is 10. The molecule has 1 N–H and O–H groups in total. The van der Waals surface area contributed by atoms with E-state index in [0.29, 0.717) is 131 Å². The standard InChI is InChI=1S/C61H86O10/c1-57(2,3)49-30-41-26-43-32-50(58(4,5)6)34-45-28-47-36-52(60(10,11)12)37-48-29-46-35-51(59(7,8)9)33-44(27-42(31-49)53(41)62)55(46)70-24-21-64-15-18-67-39-61(13,38-66-17-14-63-20-23-69-54(43)45)40-68-19-16-65-22-25-71-56(47)48/h30-37,62H,14-29,38-40H2,1-13H3. The van der Waals surface area contributed by atoms with Gasteiger partial charge in [-0.25, -0.2) is 0 Å². The van der Waals surface area contributed by atoms with E-state index in [4.69, 9.17) is 42.6 Å². The monoisotopic (exact) mass is 979 g/mol. The predicted molar refractivity (Wildman–Crippen MR) is 283 cm³/mol. The van der Waals surface area contributed by atoms with E-state index >= 15 is 0 Å². The number of aromatic hydroxyl groups is 1. The summed E-state index contributed by atoms with van der Waals surface area (Å²) < 4.78 is 58.4. The molecule has 10 nitrogen and oxygen atoms in total. The van der Waals surface area contributed by atoms with Crippen LogP contribution in [0.3, 0.4) is 0 Å². The Morgan fingerprint density at radius 3 is 0.789 bits per heavy atom. The van der Waals surface area contributed by atoms with Crippen molar-refractivity contribution in [1.29, 1.82) is 0 Å². The van der Waals surface area contributed by atoms with Gasteiger partial charge in [0.25, 0.3) is 0 Å². The average Bonchev–Trinajstić information content (AvgIpc) is 3.27. The fraction of sp³-hybridized carbons (Fsp3) is 0.607. The number of phenols is 1. The molecule has 0 radical (unpaired) electrons. The van der Waals surface area contributed by atoms with Gasteiger partial charge in [0.1, 0.15) is 42.8 Å². The van der Waals surface area contributed by atoms with E-state index in [0.717, 1.165) is 67.3 Å². The van der Waals surface area contributed by atoms with Crippen LogP contribution in [0, 0.1) is 5.41 Å². The molecule has 7 rings (SSSR count). The van der Waals surface area contributed by atoms with Crippen molar-refractivity contribution in [3.05, 3.63) is 115 Å². The van der Waals surface area contributed by atoms with Gasteiger partial charge in [-0.3, -0.25) is 0 Å². The lowest BCUT2D eigenvalue weighted by molar-refractivity contribution is -0.0808. The first-order chi connectivity index (χ1) is 33.5. The highest BCUT2D eigenvalue weighted by atomic mass is 16.6. The number of ether oxygens (including phenoxy) is 9. The van der Waals surface area contributed by atoms with Crippen molar-refractivity contribution in [3.8, 4) is 23.0 Å². The summed E-state index contributed by atoms with van der Waals surface area (Å²) >= 11 is 0. The second-order valence-electron chi connectivity index (χ2n) is 24.6. The molecule has 10 heteroatoms. The second-order valence-corrected chi connectivity index (χ2v) is 24.6. The second kappa shape index (κ2) is 22.9. The Hall–Kier alpha value is -4.16. The molecule has 2 aliphatic heterocycles. The minimum absolute atomic E-state index is 0.185. The number of phenolic OH excluding ortho intramolecular Hbond substituents is 1. The van der Waals surface area contributed by atoms with Crippen molar-refractivity contribution in [2.24, 2.45) is 5.41 Å². The first-order valence-corrected chi connectivity index (χ1v) is 26.2. The van der Waals surface area contributed by atoms with Crippen LogP contribution in [0.25, 0.3) is 0 Å². The largest absolute Gasteiger partial charge is 0.507 e. The molecular weight excluding hydrogens is 893 g/mol. The van der Waals surface area contributed by atoms with E-state index in [9.17, 15) is 5.11 Å². The van der Waals surface area contributed by atoms with E-state index in [-0.39, 0.29) is 21.7 Å². The van der Waals surface area contributed by atoms with Gasteiger partial charge >= 0.3 is 0 Å². The molecule has 0 saturated heterocycles. The van der Waals surface area contributed by atoms with Gasteiger partial charge in [0.2, 0.25) is 0 Å². The number of rotatable bonds is 0. The molecule has 0 fully saturated rings. The van der Waals surface area contributed by atoms with Gasteiger partial charge in [0.15, 0.2) is 0 Å². The van der Waals surface area contributed by atoms with E-state index < -0.39 is 5.41 Å². The summed E-state index contributed by atoms with van der Waals surface area (Å²) in [5, 5.41) is 12.7. The van der Waals surface area contributed by atoms with Gasteiger partial charge in [-0.2, -0.15) is 0 Å². The van der Waals surface area contributed by atoms with Crippen LogP contribution >= 0.6 is 0 Å². The molecule has 1 aliphatic carbocycles. The van der Waals surface area contributed by atoms with Crippen molar-refractivity contribution in [1.82, 2.24) is 0 Å². The third-order valence-electron chi connectivity index (χ3n) is 13.9. The maximum atomic E-state index is 12.7. The SMILES string of the molecule is CC12COCCOCCOc3c4cc(C(C)(C)C)cc3Cc3cc(C(C)(C)C)cc(c3OCCOCCOC1)Cc1cc(C(C)(C)C)cc(c1OCCOCCOC2)Cc1cc(C(C)(C)C)cc(c1O)C4. The lowest BCUT2D eigenvalue weighted by atomic mass is 9.79. The lowest BCUT2D eigenvalue weighted by Crippen LogP contribution is -2.35. The van der Waals surface area contributed by atoms with Crippen LogP contribution in [-0.4, -0.2) is 104 Å². The summed E-state index contributed by atoms with van der Waals surface area (Å²) in [5.74, 6) is 2.75. The van der Waals surface area contributed by atoms with Crippen molar-refractivity contribution >= 4 is 0 Å². The highest BCUT2D eigenvalue weighted by Crippen LogP contribution is 2.44. The summed E-state index contributed by atoms with van der Waals surface area (Å²) in [4.78, 5) is 0. The molecule has 4 aromatic rings. The smallest absolute Gasteiger partial charge is 0.126 e. The Bertz CT molecular complexity index is 2290. The third kappa shape index (κ3) is 14.5. The van der Waals surface area contributed by atoms with Gasteiger partial charge in [0.05, 0.1) is 79.3 Å². The van der Waals surface area contributed by atoms with Crippen LogP contribution in [0.5, 0.6) is 23.0 Å². The average molecular weight is 979 g/mol. The summed E-state index contributed by atoms with van der Waals surface area (Å²) in [6.07, 6.45) is 1.99. The van der Waals surface area contributed by atoms with E-state index in [1.54, 1.807) is 0 Å². The van der Waals surface area contributed by atoms with Crippen LogP contribution in [0.1, 0.15) is 157 Å². The highest BCUT2D eigenvalue weighted by Gasteiger charge is 2.30. The summed E-state index contributed by atoms with van der Waals surface area (Å²) in [5.41, 5.74) is 11.6. The number of hydrogen-bond donors (Lipinski definition) is 1. The molecule has 4 aromatic carbocycles. The number of hydrogen-bond acceptors (Lipinski definition) is 10. The molecule has 0 unspecified atom stereocenters. The maximum Gasteiger partial charge on any atom is 0.126 e. The molecular formula is C61H86O10.